The van der Waals surface area contributed by atoms with Crippen LogP contribution < -0.4 is 0 Å². The summed E-state index contributed by atoms with van der Waals surface area (Å²) in [5, 5.41) is 9.61. The zero-order valence-corrected chi connectivity index (χ0v) is 10.4. The van der Waals surface area contributed by atoms with Crippen LogP contribution in [-0.2, 0) is 4.79 Å². The van der Waals surface area contributed by atoms with Crippen LogP contribution in [0.15, 0.2) is 42.5 Å². The highest BCUT2D eigenvalue weighted by molar-refractivity contribution is 6.36. The van der Waals surface area contributed by atoms with Gasteiger partial charge in [0.15, 0.2) is 4.87 Å². The highest BCUT2D eigenvalue weighted by Crippen LogP contribution is 2.33. The molecule has 1 aliphatic rings. The van der Waals surface area contributed by atoms with Crippen molar-refractivity contribution in [3.8, 4) is 0 Å². The molecule has 0 saturated carbocycles. The monoisotopic (exact) mass is 268 g/mol. The van der Waals surface area contributed by atoms with Gasteiger partial charge in [-0.2, -0.15) is 0 Å². The molecule has 1 N–H and O–H groups in total. The Labute approximate surface area is 109 Å². The van der Waals surface area contributed by atoms with Gasteiger partial charge in [-0.1, -0.05) is 48.0 Å². The lowest BCUT2D eigenvalue weighted by atomic mass is 9.92. The van der Waals surface area contributed by atoms with E-state index in [-0.39, 0.29) is 6.42 Å². The van der Waals surface area contributed by atoms with E-state index >= 15 is 0 Å². The molecule has 88 valence electrons. The van der Waals surface area contributed by atoms with Crippen LogP contribution in [0.5, 0.6) is 0 Å². The fourth-order valence-electron chi connectivity index (χ4n) is 1.67. The van der Waals surface area contributed by atoms with Crippen LogP contribution in [0.25, 0.3) is 5.57 Å². The number of carboxylic acids is 1. The van der Waals surface area contributed by atoms with Gasteiger partial charge < -0.3 is 5.11 Å². The van der Waals surface area contributed by atoms with E-state index in [1.165, 1.54) is 6.08 Å². The Hall–Kier alpha value is -1.25. The van der Waals surface area contributed by atoms with Gasteiger partial charge in [-0.3, -0.25) is 0 Å². The zero-order chi connectivity index (χ0) is 12.5. The Morgan fingerprint density at radius 3 is 2.59 bits per heavy atom. The Bertz CT molecular complexity index is 520. The van der Waals surface area contributed by atoms with Gasteiger partial charge in [0.25, 0.3) is 0 Å². The van der Waals surface area contributed by atoms with Crippen molar-refractivity contribution < 1.29 is 9.90 Å². The molecule has 17 heavy (non-hydrogen) atoms. The summed E-state index contributed by atoms with van der Waals surface area (Å²) in [5.41, 5.74) is 1.78. The SMILES string of the molecule is O=C(O)C1(Cl)C=CC(c2ccccc2Cl)=CC1. The van der Waals surface area contributed by atoms with Crippen molar-refractivity contribution in [2.24, 2.45) is 0 Å². The number of hydrogen-bond donors (Lipinski definition) is 1. The van der Waals surface area contributed by atoms with Crippen molar-refractivity contribution in [1.82, 2.24) is 0 Å². The first kappa shape index (κ1) is 12.2. The third kappa shape index (κ3) is 2.38. The summed E-state index contributed by atoms with van der Waals surface area (Å²) < 4.78 is 0. The highest BCUT2D eigenvalue weighted by atomic mass is 35.5. The average Bonchev–Trinajstić information content (AvgIpc) is 2.31. The van der Waals surface area contributed by atoms with Gasteiger partial charge in [0.2, 0.25) is 0 Å². The summed E-state index contributed by atoms with van der Waals surface area (Å²) in [4.78, 5) is 9.62. The maximum absolute atomic E-state index is 10.9. The zero-order valence-electron chi connectivity index (χ0n) is 8.86. The van der Waals surface area contributed by atoms with Crippen LogP contribution >= 0.6 is 23.2 Å². The number of benzene rings is 1. The maximum atomic E-state index is 10.9. The van der Waals surface area contributed by atoms with Crippen molar-refractivity contribution in [2.45, 2.75) is 11.3 Å². The fraction of sp³-hybridized carbons (Fsp3) is 0.154. The molecule has 0 aliphatic heterocycles. The quantitative estimate of drug-likeness (QED) is 0.830. The Kier molecular flexibility index (Phi) is 3.27. The van der Waals surface area contributed by atoms with Crippen LogP contribution in [0.2, 0.25) is 5.02 Å². The van der Waals surface area contributed by atoms with Crippen LogP contribution in [0.4, 0.5) is 0 Å². The molecule has 0 radical (unpaired) electrons. The van der Waals surface area contributed by atoms with Crippen molar-refractivity contribution in [3.63, 3.8) is 0 Å². The molecule has 2 rings (SSSR count). The normalized spacial score (nSPS) is 23.3. The second-order valence-corrected chi connectivity index (χ2v) is 4.93. The molecule has 2 nitrogen and oxygen atoms in total. The smallest absolute Gasteiger partial charge is 0.329 e. The molecule has 0 heterocycles. The summed E-state index contributed by atoms with van der Waals surface area (Å²) in [5.74, 6) is -1.04. The van der Waals surface area contributed by atoms with Crippen LogP contribution in [0.3, 0.4) is 0 Å². The van der Waals surface area contributed by atoms with Gasteiger partial charge in [-0.15, -0.1) is 11.6 Å². The molecule has 0 bridgehead atoms. The van der Waals surface area contributed by atoms with E-state index in [4.69, 9.17) is 28.3 Å². The van der Waals surface area contributed by atoms with E-state index in [0.29, 0.717) is 5.02 Å². The molecule has 1 aromatic carbocycles. The maximum Gasteiger partial charge on any atom is 0.329 e. The highest BCUT2D eigenvalue weighted by Gasteiger charge is 2.34. The van der Waals surface area contributed by atoms with Crippen LogP contribution in [0.1, 0.15) is 12.0 Å². The molecule has 0 aromatic heterocycles. The molecule has 4 heteroatoms. The summed E-state index contributed by atoms with van der Waals surface area (Å²) in [6, 6.07) is 7.42. The number of rotatable bonds is 2. The molecular weight excluding hydrogens is 259 g/mol. The second-order valence-electron chi connectivity index (χ2n) is 3.84. The fourth-order valence-corrected chi connectivity index (χ4v) is 2.06. The van der Waals surface area contributed by atoms with Gasteiger partial charge in [0.05, 0.1) is 0 Å². The first-order chi connectivity index (χ1) is 8.03. The summed E-state index contributed by atoms with van der Waals surface area (Å²) in [7, 11) is 0. The first-order valence-corrected chi connectivity index (χ1v) is 5.85. The number of aliphatic carboxylic acids is 1. The number of carbonyl (C=O) groups is 1. The van der Waals surface area contributed by atoms with E-state index in [0.717, 1.165) is 11.1 Å². The van der Waals surface area contributed by atoms with Crippen molar-refractivity contribution in [3.05, 3.63) is 53.1 Å². The molecule has 0 amide bonds. The largest absolute Gasteiger partial charge is 0.480 e. The van der Waals surface area contributed by atoms with E-state index in [1.807, 2.05) is 18.2 Å². The first-order valence-electron chi connectivity index (χ1n) is 5.09. The van der Waals surface area contributed by atoms with E-state index in [2.05, 4.69) is 0 Å². The second kappa shape index (κ2) is 4.55. The number of alkyl halides is 1. The average molecular weight is 269 g/mol. The molecule has 1 aromatic rings. The molecule has 1 unspecified atom stereocenters. The predicted molar refractivity (Wildman–Crippen MR) is 69.4 cm³/mol. The minimum Gasteiger partial charge on any atom is -0.480 e. The molecule has 0 fully saturated rings. The van der Waals surface area contributed by atoms with E-state index in [1.54, 1.807) is 18.2 Å². The summed E-state index contributed by atoms with van der Waals surface area (Å²) in [6.45, 7) is 0. The lowest BCUT2D eigenvalue weighted by Crippen LogP contribution is -2.30. The van der Waals surface area contributed by atoms with Gasteiger partial charge in [-0.05, 0) is 23.6 Å². The molecule has 1 atom stereocenters. The molecular formula is C13H10Cl2O2. The van der Waals surface area contributed by atoms with Gasteiger partial charge in [-0.25, -0.2) is 4.79 Å². The van der Waals surface area contributed by atoms with Crippen LogP contribution in [0, 0.1) is 0 Å². The van der Waals surface area contributed by atoms with Gasteiger partial charge >= 0.3 is 5.97 Å². The number of hydrogen-bond acceptors (Lipinski definition) is 1. The Morgan fingerprint density at radius 2 is 2.06 bits per heavy atom. The van der Waals surface area contributed by atoms with Crippen LogP contribution in [-0.4, -0.2) is 16.0 Å². The lowest BCUT2D eigenvalue weighted by molar-refractivity contribution is -0.138. The molecule has 0 saturated heterocycles. The lowest BCUT2D eigenvalue weighted by Gasteiger charge is -2.21. The molecule has 0 spiro atoms. The van der Waals surface area contributed by atoms with E-state index < -0.39 is 10.8 Å². The minimum absolute atomic E-state index is 0.251. The standard InChI is InChI=1S/C13H10Cl2O2/c14-11-4-2-1-3-10(11)9-5-7-13(15,8-6-9)12(16)17/h1-7H,8H2,(H,16,17). The molecule has 1 aliphatic carbocycles. The predicted octanol–water partition coefficient (Wildman–Crippen LogP) is 3.75. The Morgan fingerprint density at radius 1 is 1.35 bits per heavy atom. The number of carboxylic acid groups (broad SMARTS) is 1. The number of halogens is 2. The minimum atomic E-state index is -1.33. The van der Waals surface area contributed by atoms with Crippen molar-refractivity contribution >= 4 is 34.7 Å². The Balaban J connectivity index is 2.30. The topological polar surface area (TPSA) is 37.3 Å². The van der Waals surface area contributed by atoms with Crippen molar-refractivity contribution in [1.29, 1.82) is 0 Å². The summed E-state index contributed by atoms with van der Waals surface area (Å²) in [6.07, 6.45) is 5.24. The van der Waals surface area contributed by atoms with Gasteiger partial charge in [0, 0.05) is 5.02 Å². The van der Waals surface area contributed by atoms with Crippen molar-refractivity contribution in [2.75, 3.05) is 0 Å². The third-order valence-electron chi connectivity index (χ3n) is 2.69. The van der Waals surface area contributed by atoms with Gasteiger partial charge in [0.1, 0.15) is 0 Å². The third-order valence-corrected chi connectivity index (χ3v) is 3.46. The number of allylic oxidation sites excluding steroid dienone is 3. The summed E-state index contributed by atoms with van der Waals surface area (Å²) >= 11 is 12.0. The van der Waals surface area contributed by atoms with E-state index in [9.17, 15) is 4.79 Å².